The number of halogens is 1. The summed E-state index contributed by atoms with van der Waals surface area (Å²) >= 11 is 6.21. The third-order valence-corrected chi connectivity index (χ3v) is 7.41. The highest BCUT2D eigenvalue weighted by Crippen LogP contribution is 2.27. The van der Waals surface area contributed by atoms with Crippen LogP contribution in [0.5, 0.6) is 0 Å². The van der Waals surface area contributed by atoms with Crippen molar-refractivity contribution in [3.8, 4) is 11.4 Å². The Morgan fingerprint density at radius 3 is 2.43 bits per heavy atom. The number of carbonyl (C=O) groups is 1. The van der Waals surface area contributed by atoms with Gasteiger partial charge in [0.2, 0.25) is 17.6 Å². The molecule has 35 heavy (non-hydrogen) atoms. The maximum Gasteiger partial charge on any atom is 0.241 e. The van der Waals surface area contributed by atoms with Crippen LogP contribution in [0.4, 0.5) is 5.69 Å². The number of benzene rings is 2. The number of piperazine rings is 1. The van der Waals surface area contributed by atoms with Crippen LogP contribution in [0.3, 0.4) is 0 Å². The highest BCUT2D eigenvalue weighted by molar-refractivity contribution is 6.30. The SMILES string of the molecule is Cc1ccc(-c2noc(CN3CCC(C(=O)N4CCN(c5cc(Cl)ccc5C)CC4)CC3)n2)cc1. The summed E-state index contributed by atoms with van der Waals surface area (Å²) in [5.74, 6) is 1.64. The summed E-state index contributed by atoms with van der Waals surface area (Å²) in [5.41, 5.74) is 4.55. The van der Waals surface area contributed by atoms with E-state index in [1.807, 2.05) is 41.3 Å². The van der Waals surface area contributed by atoms with Crippen LogP contribution >= 0.6 is 11.6 Å². The van der Waals surface area contributed by atoms with Gasteiger partial charge in [-0.25, -0.2) is 0 Å². The molecule has 2 aromatic carbocycles. The van der Waals surface area contributed by atoms with Gasteiger partial charge < -0.3 is 14.3 Å². The zero-order valence-electron chi connectivity index (χ0n) is 20.4. The molecule has 0 radical (unpaired) electrons. The molecule has 5 rings (SSSR count). The zero-order chi connectivity index (χ0) is 24.4. The molecule has 0 N–H and O–H groups in total. The van der Waals surface area contributed by atoms with Gasteiger partial charge in [0.25, 0.3) is 0 Å². The average Bonchev–Trinajstić information content (AvgIpc) is 3.34. The van der Waals surface area contributed by atoms with E-state index in [0.717, 1.165) is 62.7 Å². The number of aryl methyl sites for hydroxylation is 2. The number of hydrogen-bond donors (Lipinski definition) is 0. The molecule has 3 aromatic rings. The molecule has 2 fully saturated rings. The summed E-state index contributed by atoms with van der Waals surface area (Å²) in [5, 5.41) is 4.89. The first kappa shape index (κ1) is 23.8. The van der Waals surface area contributed by atoms with Crippen molar-refractivity contribution in [2.45, 2.75) is 33.2 Å². The molecular formula is C27H32ClN5O2. The van der Waals surface area contributed by atoms with Gasteiger partial charge in [0, 0.05) is 48.4 Å². The van der Waals surface area contributed by atoms with Crippen LogP contribution in [0.1, 0.15) is 29.9 Å². The Morgan fingerprint density at radius 1 is 1.00 bits per heavy atom. The van der Waals surface area contributed by atoms with Crippen LogP contribution in [-0.2, 0) is 11.3 Å². The molecule has 1 aromatic heterocycles. The summed E-state index contributed by atoms with van der Waals surface area (Å²) in [6.07, 6.45) is 1.73. The smallest absolute Gasteiger partial charge is 0.241 e. The van der Waals surface area contributed by atoms with Crippen LogP contribution in [0, 0.1) is 19.8 Å². The molecule has 0 aliphatic carbocycles. The van der Waals surface area contributed by atoms with E-state index in [4.69, 9.17) is 16.1 Å². The lowest BCUT2D eigenvalue weighted by Gasteiger charge is -2.39. The van der Waals surface area contributed by atoms with Gasteiger partial charge in [0.05, 0.1) is 6.54 Å². The van der Waals surface area contributed by atoms with Crippen LogP contribution in [0.25, 0.3) is 11.4 Å². The van der Waals surface area contributed by atoms with Crippen molar-refractivity contribution in [3.05, 3.63) is 64.5 Å². The largest absolute Gasteiger partial charge is 0.368 e. The summed E-state index contributed by atoms with van der Waals surface area (Å²) in [6, 6.07) is 14.1. The number of amides is 1. The van der Waals surface area contributed by atoms with Gasteiger partial charge in [-0.1, -0.05) is 52.7 Å². The van der Waals surface area contributed by atoms with E-state index in [1.165, 1.54) is 16.8 Å². The lowest BCUT2D eigenvalue weighted by atomic mass is 9.95. The molecule has 7 nitrogen and oxygen atoms in total. The Hall–Kier alpha value is -2.90. The van der Waals surface area contributed by atoms with Crippen molar-refractivity contribution in [1.29, 1.82) is 0 Å². The van der Waals surface area contributed by atoms with Crippen molar-refractivity contribution >= 4 is 23.2 Å². The van der Waals surface area contributed by atoms with Crippen molar-refractivity contribution in [2.75, 3.05) is 44.2 Å². The molecule has 3 heterocycles. The summed E-state index contributed by atoms with van der Waals surface area (Å²) in [7, 11) is 0. The normalized spacial score (nSPS) is 17.7. The van der Waals surface area contributed by atoms with Gasteiger partial charge in [-0.3, -0.25) is 9.69 Å². The minimum atomic E-state index is 0.0940. The van der Waals surface area contributed by atoms with E-state index < -0.39 is 0 Å². The highest BCUT2D eigenvalue weighted by atomic mass is 35.5. The lowest BCUT2D eigenvalue weighted by Crippen LogP contribution is -2.51. The van der Waals surface area contributed by atoms with Gasteiger partial charge >= 0.3 is 0 Å². The number of piperidine rings is 1. The Kier molecular flexibility index (Phi) is 7.07. The van der Waals surface area contributed by atoms with E-state index in [2.05, 4.69) is 39.9 Å². The Morgan fingerprint density at radius 2 is 1.71 bits per heavy atom. The van der Waals surface area contributed by atoms with Gasteiger partial charge in [0.1, 0.15) is 0 Å². The second kappa shape index (κ2) is 10.4. The fraction of sp³-hybridized carbons (Fsp3) is 0.444. The average molecular weight is 494 g/mol. The van der Waals surface area contributed by atoms with E-state index >= 15 is 0 Å². The molecule has 2 saturated heterocycles. The Labute approximate surface area is 211 Å². The summed E-state index contributed by atoms with van der Waals surface area (Å²) in [4.78, 5) is 24.4. The number of anilines is 1. The van der Waals surface area contributed by atoms with E-state index in [0.29, 0.717) is 24.2 Å². The zero-order valence-corrected chi connectivity index (χ0v) is 21.2. The van der Waals surface area contributed by atoms with Crippen molar-refractivity contribution < 1.29 is 9.32 Å². The third kappa shape index (κ3) is 5.52. The molecule has 0 atom stereocenters. The van der Waals surface area contributed by atoms with E-state index in [-0.39, 0.29) is 5.92 Å². The van der Waals surface area contributed by atoms with Crippen molar-refractivity contribution in [2.24, 2.45) is 5.92 Å². The lowest BCUT2D eigenvalue weighted by molar-refractivity contribution is -0.137. The van der Waals surface area contributed by atoms with Crippen LogP contribution in [0.2, 0.25) is 5.02 Å². The minimum Gasteiger partial charge on any atom is -0.368 e. The number of likely N-dealkylation sites (tertiary alicyclic amines) is 1. The van der Waals surface area contributed by atoms with E-state index in [9.17, 15) is 4.79 Å². The molecule has 184 valence electrons. The summed E-state index contributed by atoms with van der Waals surface area (Å²) < 4.78 is 5.49. The molecule has 0 bridgehead atoms. The number of hydrogen-bond acceptors (Lipinski definition) is 6. The molecule has 8 heteroatoms. The maximum absolute atomic E-state index is 13.2. The Balaban J connectivity index is 1.10. The van der Waals surface area contributed by atoms with Crippen molar-refractivity contribution in [3.63, 3.8) is 0 Å². The van der Waals surface area contributed by atoms with Crippen LogP contribution in [-0.4, -0.2) is 65.1 Å². The monoisotopic (exact) mass is 493 g/mol. The molecule has 1 amide bonds. The first-order valence-electron chi connectivity index (χ1n) is 12.4. The minimum absolute atomic E-state index is 0.0940. The molecule has 0 saturated carbocycles. The number of rotatable bonds is 5. The molecule has 2 aliphatic rings. The molecular weight excluding hydrogens is 462 g/mol. The van der Waals surface area contributed by atoms with Gasteiger partial charge in [-0.2, -0.15) is 4.98 Å². The number of nitrogens with zero attached hydrogens (tertiary/aromatic N) is 5. The van der Waals surface area contributed by atoms with E-state index in [1.54, 1.807) is 0 Å². The standard InChI is InChI=1S/C27H32ClN5O2/c1-19-3-6-21(7-4-19)26-29-25(35-30-26)18-31-11-9-22(10-12-31)27(34)33-15-13-32(14-16-33)24-17-23(28)8-5-20(24)2/h3-8,17,22H,9-16,18H2,1-2H3. The van der Waals surface area contributed by atoms with Gasteiger partial charge in [-0.15, -0.1) is 0 Å². The second-order valence-corrected chi connectivity index (χ2v) is 10.1. The van der Waals surface area contributed by atoms with Crippen molar-refractivity contribution in [1.82, 2.24) is 19.9 Å². The molecule has 2 aliphatic heterocycles. The number of aromatic nitrogens is 2. The highest BCUT2D eigenvalue weighted by Gasteiger charge is 2.31. The first-order valence-corrected chi connectivity index (χ1v) is 12.8. The fourth-order valence-corrected chi connectivity index (χ4v) is 5.18. The second-order valence-electron chi connectivity index (χ2n) is 9.67. The predicted octanol–water partition coefficient (Wildman–Crippen LogP) is 4.57. The van der Waals surface area contributed by atoms with Gasteiger partial charge in [0.15, 0.2) is 0 Å². The fourth-order valence-electron chi connectivity index (χ4n) is 5.02. The number of carbonyl (C=O) groups excluding carboxylic acids is 1. The summed E-state index contributed by atoms with van der Waals surface area (Å²) in [6.45, 7) is 9.70. The molecule has 0 unspecified atom stereocenters. The Bertz CT molecular complexity index is 1160. The first-order chi connectivity index (χ1) is 17.0. The van der Waals surface area contributed by atoms with Gasteiger partial charge in [-0.05, 0) is 57.5 Å². The molecule has 0 spiro atoms. The quantitative estimate of drug-likeness (QED) is 0.519. The third-order valence-electron chi connectivity index (χ3n) is 7.18. The topological polar surface area (TPSA) is 65.7 Å². The van der Waals surface area contributed by atoms with Crippen LogP contribution in [0.15, 0.2) is 47.0 Å². The predicted molar refractivity (Wildman–Crippen MR) is 137 cm³/mol. The van der Waals surface area contributed by atoms with Crippen LogP contribution < -0.4 is 4.90 Å². The maximum atomic E-state index is 13.2.